The van der Waals surface area contributed by atoms with Gasteiger partial charge in [0.25, 0.3) is 0 Å². The Morgan fingerprint density at radius 1 is 0.886 bits per heavy atom. The Morgan fingerprint density at radius 2 is 1.60 bits per heavy atom. The van der Waals surface area contributed by atoms with Gasteiger partial charge in [-0.2, -0.15) is 0 Å². The minimum atomic E-state index is 0.254. The van der Waals surface area contributed by atoms with Crippen molar-refractivity contribution in [1.82, 2.24) is 5.32 Å². The molecular weight excluding hydrogens is 478 g/mol. The largest absolute Gasteiger partial charge is 0.494 e. The number of rotatable bonds is 13. The van der Waals surface area contributed by atoms with Gasteiger partial charge in [0, 0.05) is 42.8 Å². The number of nitrogens with one attached hydrogen (secondary N) is 3. The summed E-state index contributed by atoms with van der Waals surface area (Å²) in [6.45, 7) is 5.07. The summed E-state index contributed by atoms with van der Waals surface area (Å²) in [4.78, 5) is 2.34. The van der Waals surface area contributed by atoms with Gasteiger partial charge in [-0.1, -0.05) is 31.7 Å². The van der Waals surface area contributed by atoms with Crippen molar-refractivity contribution in [3.05, 3.63) is 48.5 Å². The molecule has 0 amide bonds. The zero-order valence-corrected chi connectivity index (χ0v) is 21.9. The van der Waals surface area contributed by atoms with Crippen LogP contribution < -0.4 is 31.3 Å². The molecule has 1 aliphatic rings. The van der Waals surface area contributed by atoms with Crippen molar-refractivity contribution in [3.8, 4) is 5.75 Å². The van der Waals surface area contributed by atoms with E-state index in [-0.39, 0.29) is 5.11 Å². The maximum Gasteiger partial charge on any atom is 0.170 e. The number of nitrogens with two attached hydrogens (primary N) is 1. The van der Waals surface area contributed by atoms with Crippen LogP contribution >= 0.6 is 24.4 Å². The van der Waals surface area contributed by atoms with Gasteiger partial charge in [-0.3, -0.25) is 0 Å². The average Bonchev–Trinajstić information content (AvgIpc) is 2.86. The predicted octanol–water partition coefficient (Wildman–Crippen LogP) is 4.88. The summed E-state index contributed by atoms with van der Waals surface area (Å²) >= 11 is 10.3. The van der Waals surface area contributed by atoms with Crippen molar-refractivity contribution in [1.29, 1.82) is 0 Å². The SMILES string of the molecule is NC(=S)Nc1cccc(OCCCCCCCCNC(=S)Nc2ccc(N3CCOCC3)cc2)c1. The smallest absolute Gasteiger partial charge is 0.170 e. The number of benzene rings is 2. The molecule has 0 unspecified atom stereocenters. The summed E-state index contributed by atoms with van der Waals surface area (Å²) in [5.41, 5.74) is 8.59. The molecular formula is C26H37N5O2S2. The highest BCUT2D eigenvalue weighted by Crippen LogP contribution is 2.19. The van der Waals surface area contributed by atoms with E-state index in [1.54, 1.807) is 0 Å². The number of morpholine rings is 1. The first-order valence-corrected chi connectivity index (χ1v) is 13.2. The van der Waals surface area contributed by atoms with Crippen molar-refractivity contribution >= 4 is 51.7 Å². The maximum atomic E-state index is 5.82. The third-order valence-corrected chi connectivity index (χ3v) is 6.08. The van der Waals surface area contributed by atoms with Crippen LogP contribution in [-0.2, 0) is 4.74 Å². The first-order valence-electron chi connectivity index (χ1n) is 12.4. The van der Waals surface area contributed by atoms with Crippen LogP contribution in [0.25, 0.3) is 0 Å². The highest BCUT2D eigenvalue weighted by Gasteiger charge is 2.10. The van der Waals surface area contributed by atoms with Crippen LogP contribution in [0.15, 0.2) is 48.5 Å². The van der Waals surface area contributed by atoms with Gasteiger partial charge in [-0.15, -0.1) is 0 Å². The standard InChI is InChI=1S/C26H37N5O2S2/c27-25(34)29-22-8-7-9-24(20-22)33-17-6-4-2-1-3-5-14-28-26(35)30-21-10-12-23(13-11-21)31-15-18-32-19-16-31/h7-13,20H,1-6,14-19H2,(H3,27,29,34)(H2,28,30,35). The lowest BCUT2D eigenvalue weighted by Gasteiger charge is -2.29. The second-order valence-electron chi connectivity index (χ2n) is 8.51. The van der Waals surface area contributed by atoms with Crippen molar-refractivity contribution in [2.45, 2.75) is 38.5 Å². The van der Waals surface area contributed by atoms with Crippen molar-refractivity contribution in [2.24, 2.45) is 5.73 Å². The van der Waals surface area contributed by atoms with E-state index in [2.05, 4.69) is 45.1 Å². The van der Waals surface area contributed by atoms with Crippen molar-refractivity contribution in [2.75, 3.05) is 55.0 Å². The zero-order valence-electron chi connectivity index (χ0n) is 20.3. The molecule has 2 aromatic carbocycles. The van der Waals surface area contributed by atoms with Crippen LogP contribution in [0.2, 0.25) is 0 Å². The van der Waals surface area contributed by atoms with Gasteiger partial charge in [0.05, 0.1) is 19.8 Å². The average molecular weight is 516 g/mol. The molecule has 0 aliphatic carbocycles. The van der Waals surface area contributed by atoms with Gasteiger partial charge in [-0.05, 0) is 73.7 Å². The van der Waals surface area contributed by atoms with Crippen molar-refractivity contribution in [3.63, 3.8) is 0 Å². The monoisotopic (exact) mass is 515 g/mol. The minimum absolute atomic E-state index is 0.254. The molecule has 0 spiro atoms. The topological polar surface area (TPSA) is 83.8 Å². The number of anilines is 3. The lowest BCUT2D eigenvalue weighted by molar-refractivity contribution is 0.122. The van der Waals surface area contributed by atoms with Crippen LogP contribution in [0, 0.1) is 0 Å². The molecule has 9 heteroatoms. The molecule has 1 fully saturated rings. The summed E-state index contributed by atoms with van der Waals surface area (Å²) in [7, 11) is 0. The second-order valence-corrected chi connectivity index (χ2v) is 9.36. The van der Waals surface area contributed by atoms with Gasteiger partial charge in [0.15, 0.2) is 10.2 Å². The van der Waals surface area contributed by atoms with E-state index in [1.165, 1.54) is 31.4 Å². The molecule has 0 atom stereocenters. The summed E-state index contributed by atoms with van der Waals surface area (Å²) in [5, 5.41) is 10.4. The number of ether oxygens (including phenoxy) is 2. The zero-order chi connectivity index (χ0) is 24.7. The molecule has 0 bridgehead atoms. The van der Waals surface area contributed by atoms with E-state index < -0.39 is 0 Å². The first-order chi connectivity index (χ1) is 17.1. The van der Waals surface area contributed by atoms with Crippen LogP contribution in [-0.4, -0.2) is 49.7 Å². The fraction of sp³-hybridized carbons (Fsp3) is 0.462. The fourth-order valence-electron chi connectivity index (χ4n) is 3.88. The number of hydrogen-bond donors (Lipinski definition) is 4. The molecule has 0 aromatic heterocycles. The van der Waals surface area contributed by atoms with Gasteiger partial charge in [-0.25, -0.2) is 0 Å². The molecule has 0 saturated carbocycles. The van der Waals surface area contributed by atoms with Crippen molar-refractivity contribution < 1.29 is 9.47 Å². The van der Waals surface area contributed by atoms with Crippen LogP contribution in [0.4, 0.5) is 17.1 Å². The Kier molecular flexibility index (Phi) is 11.9. The minimum Gasteiger partial charge on any atom is -0.494 e. The molecule has 0 radical (unpaired) electrons. The summed E-state index contributed by atoms with van der Waals surface area (Å²) in [6.07, 6.45) is 6.94. The van der Waals surface area contributed by atoms with Gasteiger partial charge < -0.3 is 36.1 Å². The van der Waals surface area contributed by atoms with Gasteiger partial charge >= 0.3 is 0 Å². The Balaban J connectivity index is 1.17. The predicted molar refractivity (Wildman–Crippen MR) is 154 cm³/mol. The molecule has 3 rings (SSSR count). The summed E-state index contributed by atoms with van der Waals surface area (Å²) in [5.74, 6) is 0.829. The van der Waals surface area contributed by atoms with Crippen LogP contribution in [0.1, 0.15) is 38.5 Å². The Labute approximate surface area is 219 Å². The maximum absolute atomic E-state index is 5.82. The van der Waals surface area contributed by atoms with E-state index in [4.69, 9.17) is 39.6 Å². The normalized spacial score (nSPS) is 13.2. The van der Waals surface area contributed by atoms with E-state index in [0.29, 0.717) is 11.7 Å². The van der Waals surface area contributed by atoms with Gasteiger partial charge in [0.1, 0.15) is 5.75 Å². The number of nitrogens with zero attached hydrogens (tertiary/aromatic N) is 1. The number of thiocarbonyl (C=S) groups is 2. The van der Waals surface area contributed by atoms with E-state index >= 15 is 0 Å². The summed E-state index contributed by atoms with van der Waals surface area (Å²) < 4.78 is 11.2. The molecule has 35 heavy (non-hydrogen) atoms. The molecule has 7 nitrogen and oxygen atoms in total. The first kappa shape index (κ1) is 27.0. The molecule has 1 aliphatic heterocycles. The highest BCUT2D eigenvalue weighted by atomic mass is 32.1. The van der Waals surface area contributed by atoms with E-state index in [9.17, 15) is 0 Å². The van der Waals surface area contributed by atoms with Crippen LogP contribution in [0.3, 0.4) is 0 Å². The third kappa shape index (κ3) is 10.7. The Bertz CT molecular complexity index is 920. The second kappa shape index (κ2) is 15.4. The molecule has 2 aromatic rings. The molecule has 1 heterocycles. The number of unbranched alkanes of at least 4 members (excludes halogenated alkanes) is 5. The Morgan fingerprint density at radius 3 is 2.34 bits per heavy atom. The summed E-state index contributed by atoms with van der Waals surface area (Å²) in [6, 6.07) is 16.1. The van der Waals surface area contributed by atoms with Gasteiger partial charge in [0.2, 0.25) is 0 Å². The third-order valence-electron chi connectivity index (χ3n) is 5.73. The quantitative estimate of drug-likeness (QED) is 0.220. The van der Waals surface area contributed by atoms with E-state index in [0.717, 1.165) is 62.8 Å². The lowest BCUT2D eigenvalue weighted by Crippen LogP contribution is -2.36. The Hall–Kier alpha value is -2.62. The lowest BCUT2D eigenvalue weighted by atomic mass is 10.1. The van der Waals surface area contributed by atoms with E-state index in [1.807, 2.05) is 24.3 Å². The fourth-order valence-corrected chi connectivity index (χ4v) is 4.22. The molecule has 5 N–H and O–H groups in total. The molecule has 1 saturated heterocycles. The number of hydrogen-bond acceptors (Lipinski definition) is 5. The van der Waals surface area contributed by atoms with Crippen LogP contribution in [0.5, 0.6) is 5.75 Å². The highest BCUT2D eigenvalue weighted by molar-refractivity contribution is 7.80. The molecule has 190 valence electrons.